The predicted octanol–water partition coefficient (Wildman–Crippen LogP) is 2.99. The van der Waals surface area contributed by atoms with Crippen molar-refractivity contribution in [1.82, 2.24) is 10.2 Å². The fourth-order valence-corrected chi connectivity index (χ4v) is 2.65. The minimum absolute atomic E-state index is 0.753. The topological polar surface area (TPSA) is 25.8 Å². The molecule has 0 aliphatic heterocycles. The highest BCUT2D eigenvalue weighted by Gasteiger charge is 1.98. The van der Waals surface area contributed by atoms with Crippen LogP contribution in [0.3, 0.4) is 0 Å². The highest BCUT2D eigenvalue weighted by Crippen LogP contribution is 2.20. The van der Waals surface area contributed by atoms with Gasteiger partial charge in [0.05, 0.1) is 5.75 Å². The first-order chi connectivity index (χ1) is 7.84. The van der Waals surface area contributed by atoms with Crippen molar-refractivity contribution in [2.75, 3.05) is 5.75 Å². The molecule has 16 heavy (non-hydrogen) atoms. The minimum Gasteiger partial charge on any atom is -0.143 e. The summed E-state index contributed by atoms with van der Waals surface area (Å²) in [4.78, 5) is 0. The number of hydrogen-bond acceptors (Lipinski definition) is 4. The molecule has 0 aliphatic rings. The fraction of sp³-hybridized carbons (Fsp3) is 0.167. The molecule has 1 aromatic carbocycles. The van der Waals surface area contributed by atoms with Gasteiger partial charge in [0, 0.05) is 5.56 Å². The standard InChI is InChI=1S/C12H10N2S2/c1-10-13-14-12(16-10)15-9-5-8-11-6-3-2-4-7-11/h2-4,6-7H,9H2,1H3. The summed E-state index contributed by atoms with van der Waals surface area (Å²) in [6, 6.07) is 9.99. The van der Waals surface area contributed by atoms with E-state index in [9.17, 15) is 0 Å². The molecule has 0 bridgehead atoms. The molecule has 1 aromatic heterocycles. The van der Waals surface area contributed by atoms with Crippen LogP contribution in [0.4, 0.5) is 0 Å². The van der Waals surface area contributed by atoms with Crippen molar-refractivity contribution >= 4 is 23.1 Å². The Morgan fingerprint density at radius 2 is 2.06 bits per heavy atom. The van der Waals surface area contributed by atoms with Crippen LogP contribution in [0, 0.1) is 18.8 Å². The van der Waals surface area contributed by atoms with E-state index in [0.29, 0.717) is 0 Å². The molecule has 0 N–H and O–H groups in total. The molecule has 0 saturated heterocycles. The molecule has 2 nitrogen and oxygen atoms in total. The molecule has 0 saturated carbocycles. The third kappa shape index (κ3) is 3.37. The van der Waals surface area contributed by atoms with E-state index >= 15 is 0 Å². The van der Waals surface area contributed by atoms with Crippen molar-refractivity contribution in [2.45, 2.75) is 11.3 Å². The predicted molar refractivity (Wildman–Crippen MR) is 68.7 cm³/mol. The zero-order valence-electron chi connectivity index (χ0n) is 8.80. The lowest BCUT2D eigenvalue weighted by atomic mass is 10.2. The first-order valence-electron chi connectivity index (χ1n) is 4.81. The fourth-order valence-electron chi connectivity index (χ4n) is 1.09. The average molecular weight is 246 g/mol. The van der Waals surface area contributed by atoms with Gasteiger partial charge in [-0.3, -0.25) is 0 Å². The Bertz CT molecular complexity index is 509. The van der Waals surface area contributed by atoms with Gasteiger partial charge in [-0.05, 0) is 19.1 Å². The Balaban J connectivity index is 1.87. The van der Waals surface area contributed by atoms with Crippen molar-refractivity contribution < 1.29 is 0 Å². The Hall–Kier alpha value is -1.31. The van der Waals surface area contributed by atoms with Gasteiger partial charge in [-0.25, -0.2) is 0 Å². The van der Waals surface area contributed by atoms with Crippen molar-refractivity contribution in [2.24, 2.45) is 0 Å². The van der Waals surface area contributed by atoms with Crippen LogP contribution in [0.1, 0.15) is 10.6 Å². The summed E-state index contributed by atoms with van der Waals surface area (Å²) >= 11 is 3.24. The number of hydrogen-bond donors (Lipinski definition) is 0. The Kier molecular flexibility index (Phi) is 3.97. The molecule has 4 heteroatoms. The smallest absolute Gasteiger partial charge is 0.143 e. The third-order valence-electron chi connectivity index (χ3n) is 1.78. The lowest BCUT2D eigenvalue weighted by Gasteiger charge is -1.87. The van der Waals surface area contributed by atoms with Crippen LogP contribution in [0.5, 0.6) is 0 Å². The second-order valence-electron chi connectivity index (χ2n) is 3.04. The normalized spacial score (nSPS) is 9.56. The Labute approximate surface area is 103 Å². The van der Waals surface area contributed by atoms with Gasteiger partial charge in [0.2, 0.25) is 0 Å². The SMILES string of the molecule is Cc1nnc(SCC#Cc2ccccc2)s1. The van der Waals surface area contributed by atoms with E-state index in [1.165, 1.54) is 0 Å². The quantitative estimate of drug-likeness (QED) is 0.602. The number of benzene rings is 1. The van der Waals surface area contributed by atoms with Crippen LogP contribution in [0.2, 0.25) is 0 Å². The first-order valence-corrected chi connectivity index (χ1v) is 6.61. The summed E-state index contributed by atoms with van der Waals surface area (Å²) < 4.78 is 0.986. The second-order valence-corrected chi connectivity index (χ2v) is 5.45. The van der Waals surface area contributed by atoms with E-state index in [0.717, 1.165) is 20.7 Å². The summed E-state index contributed by atoms with van der Waals surface area (Å²) in [6.07, 6.45) is 0. The molecule has 0 amide bonds. The maximum Gasteiger partial charge on any atom is 0.175 e. The number of thioether (sulfide) groups is 1. The van der Waals surface area contributed by atoms with Crippen LogP contribution in [-0.2, 0) is 0 Å². The van der Waals surface area contributed by atoms with E-state index in [2.05, 4.69) is 22.0 Å². The van der Waals surface area contributed by atoms with Crippen molar-refractivity contribution in [3.05, 3.63) is 40.9 Å². The van der Waals surface area contributed by atoms with Gasteiger partial charge in [0.15, 0.2) is 4.34 Å². The molecule has 1 heterocycles. The molecule has 0 fully saturated rings. The summed E-state index contributed by atoms with van der Waals surface area (Å²) in [6.45, 7) is 1.96. The molecule has 2 aromatic rings. The van der Waals surface area contributed by atoms with Gasteiger partial charge in [-0.1, -0.05) is 53.1 Å². The van der Waals surface area contributed by atoms with E-state index in [1.54, 1.807) is 23.1 Å². The number of nitrogens with zero attached hydrogens (tertiary/aromatic N) is 2. The first kappa shape index (κ1) is 11.2. The Morgan fingerprint density at radius 1 is 1.25 bits per heavy atom. The van der Waals surface area contributed by atoms with E-state index in [4.69, 9.17) is 0 Å². The highest BCUT2D eigenvalue weighted by atomic mass is 32.2. The van der Waals surface area contributed by atoms with Crippen LogP contribution >= 0.6 is 23.1 Å². The van der Waals surface area contributed by atoms with E-state index < -0.39 is 0 Å². The molecule has 0 aliphatic carbocycles. The van der Waals surface area contributed by atoms with Crippen LogP contribution in [-0.4, -0.2) is 16.0 Å². The summed E-state index contributed by atoms with van der Waals surface area (Å²) in [5.41, 5.74) is 1.05. The second kappa shape index (κ2) is 5.69. The third-order valence-corrected chi connectivity index (χ3v) is 3.64. The lowest BCUT2D eigenvalue weighted by molar-refractivity contribution is 0.985. The van der Waals surface area contributed by atoms with Gasteiger partial charge in [0.25, 0.3) is 0 Å². The van der Waals surface area contributed by atoms with Crippen LogP contribution in [0.15, 0.2) is 34.7 Å². The van der Waals surface area contributed by atoms with E-state index in [1.807, 2.05) is 37.3 Å². The maximum atomic E-state index is 4.02. The van der Waals surface area contributed by atoms with Gasteiger partial charge < -0.3 is 0 Å². The summed E-state index contributed by atoms with van der Waals surface area (Å²) in [5.74, 6) is 6.97. The molecule has 0 spiro atoms. The number of rotatable bonds is 2. The number of aromatic nitrogens is 2. The van der Waals surface area contributed by atoms with Crippen LogP contribution in [0.25, 0.3) is 0 Å². The Morgan fingerprint density at radius 3 is 2.75 bits per heavy atom. The largest absolute Gasteiger partial charge is 0.175 e. The van der Waals surface area contributed by atoms with Gasteiger partial charge >= 0.3 is 0 Å². The summed E-state index contributed by atoms with van der Waals surface area (Å²) in [7, 11) is 0. The molecule has 0 radical (unpaired) electrons. The zero-order chi connectivity index (χ0) is 11.2. The van der Waals surface area contributed by atoms with E-state index in [-0.39, 0.29) is 0 Å². The zero-order valence-corrected chi connectivity index (χ0v) is 10.4. The van der Waals surface area contributed by atoms with Crippen molar-refractivity contribution in [1.29, 1.82) is 0 Å². The minimum atomic E-state index is 0.753. The van der Waals surface area contributed by atoms with Gasteiger partial charge in [0.1, 0.15) is 5.01 Å². The molecule has 0 unspecified atom stereocenters. The average Bonchev–Trinajstić information content (AvgIpc) is 2.72. The lowest BCUT2D eigenvalue weighted by Crippen LogP contribution is -1.75. The molecule has 2 rings (SSSR count). The van der Waals surface area contributed by atoms with Gasteiger partial charge in [-0.15, -0.1) is 10.2 Å². The monoisotopic (exact) mass is 246 g/mol. The molecular formula is C12H10N2S2. The molecule has 0 atom stereocenters. The van der Waals surface area contributed by atoms with Gasteiger partial charge in [-0.2, -0.15) is 0 Å². The maximum absolute atomic E-state index is 4.02. The molecule has 80 valence electrons. The molecular weight excluding hydrogens is 236 g/mol. The van der Waals surface area contributed by atoms with Crippen LogP contribution < -0.4 is 0 Å². The number of aryl methyl sites for hydroxylation is 1. The van der Waals surface area contributed by atoms with Crippen molar-refractivity contribution in [3.63, 3.8) is 0 Å². The summed E-state index contributed by atoms with van der Waals surface area (Å²) in [5, 5.41) is 8.98. The highest BCUT2D eigenvalue weighted by molar-refractivity contribution is 8.01. The van der Waals surface area contributed by atoms with Crippen molar-refractivity contribution in [3.8, 4) is 11.8 Å².